The Morgan fingerprint density at radius 3 is 2.69 bits per heavy atom. The summed E-state index contributed by atoms with van der Waals surface area (Å²) >= 11 is 0. The smallest absolute Gasteiger partial charge is 0.358 e. The zero-order chi connectivity index (χ0) is 11.4. The first-order valence-corrected chi connectivity index (χ1v) is 4.63. The summed E-state index contributed by atoms with van der Waals surface area (Å²) in [7, 11) is 1.30. The van der Waals surface area contributed by atoms with Crippen LogP contribution in [0.4, 0.5) is 0 Å². The van der Waals surface area contributed by atoms with Crippen LogP contribution in [0.15, 0.2) is 36.7 Å². The van der Waals surface area contributed by atoms with E-state index in [2.05, 4.69) is 19.9 Å². The Kier molecular flexibility index (Phi) is 2.86. The van der Waals surface area contributed by atoms with E-state index in [1.165, 1.54) is 7.11 Å². The van der Waals surface area contributed by atoms with E-state index in [4.69, 9.17) is 0 Å². The van der Waals surface area contributed by atoms with Gasteiger partial charge >= 0.3 is 5.97 Å². The minimum Gasteiger partial charge on any atom is -0.464 e. The second kappa shape index (κ2) is 4.48. The first-order valence-electron chi connectivity index (χ1n) is 4.63. The Labute approximate surface area is 92.1 Å². The molecule has 0 saturated carbocycles. The van der Waals surface area contributed by atoms with E-state index >= 15 is 0 Å². The predicted octanol–water partition coefficient (Wildman–Crippen LogP) is 1.33. The molecule has 5 nitrogen and oxygen atoms in total. The highest BCUT2D eigenvalue weighted by atomic mass is 16.5. The number of carbonyl (C=O) groups excluding carboxylic acids is 1. The van der Waals surface area contributed by atoms with Crippen LogP contribution in [0.3, 0.4) is 0 Å². The maximum Gasteiger partial charge on any atom is 0.358 e. The molecule has 0 atom stereocenters. The fourth-order valence-electron chi connectivity index (χ4n) is 1.21. The molecular weight excluding hydrogens is 206 g/mol. The fourth-order valence-corrected chi connectivity index (χ4v) is 1.21. The summed E-state index contributed by atoms with van der Waals surface area (Å²) in [5, 5.41) is 7.70. The lowest BCUT2D eigenvalue weighted by Gasteiger charge is -2.00. The van der Waals surface area contributed by atoms with Crippen molar-refractivity contribution in [2.45, 2.75) is 0 Å². The lowest BCUT2D eigenvalue weighted by atomic mass is 10.2. The van der Waals surface area contributed by atoms with Gasteiger partial charge < -0.3 is 4.74 Å². The second-order valence-corrected chi connectivity index (χ2v) is 3.04. The summed E-state index contributed by atoms with van der Waals surface area (Å²) < 4.78 is 4.53. The first-order chi connectivity index (χ1) is 7.81. The van der Waals surface area contributed by atoms with E-state index in [0.717, 1.165) is 5.56 Å². The maximum absolute atomic E-state index is 11.1. The molecule has 0 fully saturated rings. The van der Waals surface area contributed by atoms with E-state index in [1.54, 1.807) is 24.5 Å². The van der Waals surface area contributed by atoms with Gasteiger partial charge in [-0.3, -0.25) is 4.98 Å². The SMILES string of the molecule is COC(=O)c1ccc(-c2cccnc2)nn1. The molecular formula is C11H9N3O2. The summed E-state index contributed by atoms with van der Waals surface area (Å²) in [6.45, 7) is 0. The number of hydrogen-bond acceptors (Lipinski definition) is 5. The number of nitrogens with zero attached hydrogens (tertiary/aromatic N) is 3. The molecule has 2 aromatic rings. The van der Waals surface area contributed by atoms with Gasteiger partial charge in [-0.2, -0.15) is 0 Å². The molecule has 0 aliphatic rings. The fraction of sp³-hybridized carbons (Fsp3) is 0.0909. The highest BCUT2D eigenvalue weighted by molar-refractivity contribution is 5.87. The van der Waals surface area contributed by atoms with E-state index in [-0.39, 0.29) is 5.69 Å². The molecule has 0 amide bonds. The molecule has 0 unspecified atom stereocenters. The molecule has 0 spiro atoms. The first kappa shape index (κ1) is 10.2. The highest BCUT2D eigenvalue weighted by Crippen LogP contribution is 2.13. The molecule has 80 valence electrons. The van der Waals surface area contributed by atoms with Gasteiger partial charge in [0.25, 0.3) is 0 Å². The monoisotopic (exact) mass is 215 g/mol. The van der Waals surface area contributed by atoms with Gasteiger partial charge in [-0.25, -0.2) is 4.79 Å². The van der Waals surface area contributed by atoms with Gasteiger partial charge in [0.1, 0.15) is 0 Å². The third-order valence-corrected chi connectivity index (χ3v) is 2.02. The second-order valence-electron chi connectivity index (χ2n) is 3.04. The Morgan fingerprint density at radius 1 is 1.25 bits per heavy atom. The van der Waals surface area contributed by atoms with Gasteiger partial charge in [0.2, 0.25) is 0 Å². The standard InChI is InChI=1S/C11H9N3O2/c1-16-11(15)10-5-4-9(13-14-10)8-3-2-6-12-7-8/h2-7H,1H3. The Hall–Kier alpha value is -2.30. The molecule has 0 radical (unpaired) electrons. The Bertz CT molecular complexity index is 482. The summed E-state index contributed by atoms with van der Waals surface area (Å²) in [5.74, 6) is -0.495. The number of methoxy groups -OCH3 is 1. The van der Waals surface area contributed by atoms with Crippen LogP contribution in [0.5, 0.6) is 0 Å². The van der Waals surface area contributed by atoms with Crippen LogP contribution < -0.4 is 0 Å². The van der Waals surface area contributed by atoms with E-state index in [9.17, 15) is 4.79 Å². The van der Waals surface area contributed by atoms with Gasteiger partial charge in [0.05, 0.1) is 12.8 Å². The van der Waals surface area contributed by atoms with E-state index in [1.807, 2.05) is 12.1 Å². The van der Waals surface area contributed by atoms with Gasteiger partial charge in [-0.05, 0) is 24.3 Å². The number of rotatable bonds is 2. The number of pyridine rings is 1. The normalized spacial score (nSPS) is 9.81. The van der Waals surface area contributed by atoms with Crippen LogP contribution in [-0.4, -0.2) is 28.3 Å². The number of hydrogen-bond donors (Lipinski definition) is 0. The number of aromatic nitrogens is 3. The predicted molar refractivity (Wildman–Crippen MR) is 56.6 cm³/mol. The van der Waals surface area contributed by atoms with Crippen molar-refractivity contribution in [2.24, 2.45) is 0 Å². The van der Waals surface area contributed by atoms with Crippen molar-refractivity contribution in [1.29, 1.82) is 0 Å². The zero-order valence-corrected chi connectivity index (χ0v) is 8.62. The molecule has 0 aromatic carbocycles. The average Bonchev–Trinajstić information content (AvgIpc) is 2.39. The van der Waals surface area contributed by atoms with E-state index in [0.29, 0.717) is 5.69 Å². The molecule has 2 rings (SSSR count). The Morgan fingerprint density at radius 2 is 2.12 bits per heavy atom. The molecule has 0 bridgehead atoms. The summed E-state index contributed by atoms with van der Waals surface area (Å²) in [5.41, 5.74) is 1.71. The van der Waals surface area contributed by atoms with Crippen LogP contribution in [-0.2, 0) is 4.74 Å². The van der Waals surface area contributed by atoms with Crippen molar-refractivity contribution >= 4 is 5.97 Å². The lowest BCUT2D eigenvalue weighted by Crippen LogP contribution is -2.05. The van der Waals surface area contributed by atoms with Gasteiger partial charge in [0.15, 0.2) is 5.69 Å². The van der Waals surface area contributed by atoms with Crippen molar-refractivity contribution in [3.63, 3.8) is 0 Å². The van der Waals surface area contributed by atoms with Gasteiger partial charge in [-0.1, -0.05) is 0 Å². The maximum atomic E-state index is 11.1. The zero-order valence-electron chi connectivity index (χ0n) is 8.62. The number of ether oxygens (including phenoxy) is 1. The molecule has 0 N–H and O–H groups in total. The average molecular weight is 215 g/mol. The molecule has 0 aliphatic heterocycles. The quantitative estimate of drug-likeness (QED) is 0.707. The van der Waals surface area contributed by atoms with Crippen LogP contribution in [0.1, 0.15) is 10.5 Å². The Balaban J connectivity index is 2.30. The largest absolute Gasteiger partial charge is 0.464 e. The molecule has 16 heavy (non-hydrogen) atoms. The summed E-state index contributed by atoms with van der Waals surface area (Å²) in [4.78, 5) is 15.1. The van der Waals surface area contributed by atoms with Gasteiger partial charge in [0, 0.05) is 18.0 Å². The van der Waals surface area contributed by atoms with Crippen molar-refractivity contribution in [3.05, 3.63) is 42.4 Å². The topological polar surface area (TPSA) is 65.0 Å². The van der Waals surface area contributed by atoms with Crippen LogP contribution in [0.25, 0.3) is 11.3 Å². The van der Waals surface area contributed by atoms with Crippen LogP contribution >= 0.6 is 0 Å². The number of carbonyl (C=O) groups is 1. The third kappa shape index (κ3) is 2.03. The third-order valence-electron chi connectivity index (χ3n) is 2.02. The van der Waals surface area contributed by atoms with Crippen LogP contribution in [0, 0.1) is 0 Å². The van der Waals surface area contributed by atoms with Crippen molar-refractivity contribution in [2.75, 3.05) is 7.11 Å². The summed E-state index contributed by atoms with van der Waals surface area (Å²) in [6.07, 6.45) is 3.36. The van der Waals surface area contributed by atoms with Crippen LogP contribution in [0.2, 0.25) is 0 Å². The highest BCUT2D eigenvalue weighted by Gasteiger charge is 2.08. The molecule has 2 heterocycles. The number of esters is 1. The van der Waals surface area contributed by atoms with Crippen molar-refractivity contribution < 1.29 is 9.53 Å². The van der Waals surface area contributed by atoms with Crippen molar-refractivity contribution in [3.8, 4) is 11.3 Å². The van der Waals surface area contributed by atoms with E-state index < -0.39 is 5.97 Å². The minimum absolute atomic E-state index is 0.190. The molecule has 5 heteroatoms. The molecule has 2 aromatic heterocycles. The molecule has 0 saturated heterocycles. The molecule has 0 aliphatic carbocycles. The minimum atomic E-state index is -0.495. The lowest BCUT2D eigenvalue weighted by molar-refractivity contribution is 0.0593. The van der Waals surface area contributed by atoms with Gasteiger partial charge in [-0.15, -0.1) is 10.2 Å². The van der Waals surface area contributed by atoms with Crippen molar-refractivity contribution in [1.82, 2.24) is 15.2 Å². The summed E-state index contributed by atoms with van der Waals surface area (Å²) in [6, 6.07) is 6.96.